The van der Waals surface area contributed by atoms with E-state index in [1.807, 2.05) is 32.2 Å². The van der Waals surface area contributed by atoms with E-state index >= 15 is 0 Å². The van der Waals surface area contributed by atoms with Crippen molar-refractivity contribution in [2.24, 2.45) is 0 Å². The van der Waals surface area contributed by atoms with Crippen molar-refractivity contribution >= 4 is 23.5 Å². The van der Waals surface area contributed by atoms with Gasteiger partial charge in [-0.05, 0) is 43.4 Å². The van der Waals surface area contributed by atoms with Gasteiger partial charge >= 0.3 is 6.09 Å². The van der Waals surface area contributed by atoms with Crippen molar-refractivity contribution in [2.45, 2.75) is 18.7 Å². The maximum Gasteiger partial charge on any atom is 0.411 e. The standard InChI is InChI=1S/C11H15NO2S/c1-7-5-9(12(3)11(13)14)6-8(2)10(7)15-4/h5-6H,1-4H3,(H,13,14). The summed E-state index contributed by atoms with van der Waals surface area (Å²) in [6, 6.07) is 3.79. The van der Waals surface area contributed by atoms with Crippen LogP contribution < -0.4 is 4.90 Å². The summed E-state index contributed by atoms with van der Waals surface area (Å²) >= 11 is 1.68. The van der Waals surface area contributed by atoms with Crippen molar-refractivity contribution in [1.82, 2.24) is 0 Å². The molecule has 1 aromatic rings. The second kappa shape index (κ2) is 4.57. The molecular formula is C11H15NO2S. The summed E-state index contributed by atoms with van der Waals surface area (Å²) in [5.74, 6) is 0. The minimum atomic E-state index is -0.939. The van der Waals surface area contributed by atoms with Crippen LogP contribution in [0.1, 0.15) is 11.1 Å². The number of hydrogen-bond donors (Lipinski definition) is 1. The van der Waals surface area contributed by atoms with Crippen molar-refractivity contribution in [3.05, 3.63) is 23.3 Å². The lowest BCUT2D eigenvalue weighted by molar-refractivity contribution is 0.203. The minimum Gasteiger partial charge on any atom is -0.465 e. The van der Waals surface area contributed by atoms with Crippen LogP contribution in [0.15, 0.2) is 17.0 Å². The van der Waals surface area contributed by atoms with E-state index < -0.39 is 6.09 Å². The van der Waals surface area contributed by atoms with E-state index in [2.05, 4.69) is 0 Å². The van der Waals surface area contributed by atoms with Gasteiger partial charge in [-0.1, -0.05) is 0 Å². The number of aryl methyl sites for hydroxylation is 2. The van der Waals surface area contributed by atoms with E-state index in [0.717, 1.165) is 16.8 Å². The Morgan fingerprint density at radius 2 is 1.80 bits per heavy atom. The van der Waals surface area contributed by atoms with E-state index in [4.69, 9.17) is 5.11 Å². The van der Waals surface area contributed by atoms with Crippen molar-refractivity contribution in [2.75, 3.05) is 18.2 Å². The summed E-state index contributed by atoms with van der Waals surface area (Å²) in [7, 11) is 1.55. The predicted molar refractivity (Wildman–Crippen MR) is 64.1 cm³/mol. The van der Waals surface area contributed by atoms with E-state index in [0.29, 0.717) is 0 Å². The van der Waals surface area contributed by atoms with Gasteiger partial charge < -0.3 is 5.11 Å². The number of anilines is 1. The van der Waals surface area contributed by atoms with Gasteiger partial charge in [0.15, 0.2) is 0 Å². The molecule has 0 aliphatic carbocycles. The molecule has 3 nitrogen and oxygen atoms in total. The van der Waals surface area contributed by atoms with Crippen molar-refractivity contribution in [3.63, 3.8) is 0 Å². The Labute approximate surface area is 94.1 Å². The maximum absolute atomic E-state index is 10.8. The van der Waals surface area contributed by atoms with Crippen molar-refractivity contribution in [3.8, 4) is 0 Å². The molecule has 0 aliphatic rings. The quantitative estimate of drug-likeness (QED) is 0.786. The van der Waals surface area contributed by atoms with E-state index in [1.54, 1.807) is 18.8 Å². The Morgan fingerprint density at radius 1 is 1.33 bits per heavy atom. The summed E-state index contributed by atoms with van der Waals surface area (Å²) in [5.41, 5.74) is 2.95. The Hall–Kier alpha value is -1.16. The number of thioether (sulfide) groups is 1. The molecule has 0 saturated heterocycles. The molecule has 0 aliphatic heterocycles. The summed E-state index contributed by atoms with van der Waals surface area (Å²) in [6.45, 7) is 4.00. The Bertz CT molecular complexity index is 367. The molecule has 0 atom stereocenters. The van der Waals surface area contributed by atoms with Gasteiger partial charge in [0.05, 0.1) is 0 Å². The fourth-order valence-electron chi connectivity index (χ4n) is 1.55. The fraction of sp³-hybridized carbons (Fsp3) is 0.364. The molecule has 0 spiro atoms. The third-order valence-electron chi connectivity index (χ3n) is 2.32. The first-order valence-corrected chi connectivity index (χ1v) is 5.81. The number of nitrogens with zero attached hydrogens (tertiary/aromatic N) is 1. The number of carbonyl (C=O) groups is 1. The van der Waals surface area contributed by atoms with Crippen LogP contribution in [-0.4, -0.2) is 24.5 Å². The molecule has 15 heavy (non-hydrogen) atoms. The van der Waals surface area contributed by atoms with E-state index in [1.165, 1.54) is 9.80 Å². The summed E-state index contributed by atoms with van der Waals surface area (Å²) in [5, 5.41) is 8.86. The smallest absolute Gasteiger partial charge is 0.411 e. The summed E-state index contributed by atoms with van der Waals surface area (Å²) < 4.78 is 0. The first kappa shape index (κ1) is 11.9. The Balaban J connectivity index is 3.19. The van der Waals surface area contributed by atoms with E-state index in [9.17, 15) is 4.79 Å². The molecule has 4 heteroatoms. The summed E-state index contributed by atoms with van der Waals surface area (Å²) in [6.07, 6.45) is 1.08. The average Bonchev–Trinajstić information content (AvgIpc) is 2.15. The molecule has 1 aromatic carbocycles. The molecular weight excluding hydrogens is 210 g/mol. The molecule has 82 valence electrons. The zero-order valence-electron chi connectivity index (χ0n) is 9.37. The molecule has 1 amide bonds. The molecule has 0 fully saturated rings. The van der Waals surface area contributed by atoms with Gasteiger partial charge in [-0.15, -0.1) is 11.8 Å². The average molecular weight is 225 g/mol. The highest BCUT2D eigenvalue weighted by atomic mass is 32.2. The first-order chi connectivity index (χ1) is 6.97. The number of hydrogen-bond acceptors (Lipinski definition) is 2. The third-order valence-corrected chi connectivity index (χ3v) is 3.38. The van der Waals surface area contributed by atoms with Gasteiger partial charge in [-0.3, -0.25) is 4.90 Å². The zero-order valence-corrected chi connectivity index (χ0v) is 10.2. The van der Waals surface area contributed by atoms with Crippen molar-refractivity contribution in [1.29, 1.82) is 0 Å². The number of carboxylic acid groups (broad SMARTS) is 1. The lowest BCUT2D eigenvalue weighted by atomic mass is 10.1. The van der Waals surface area contributed by atoms with Gasteiger partial charge in [0, 0.05) is 17.6 Å². The molecule has 0 radical (unpaired) electrons. The molecule has 0 aromatic heterocycles. The maximum atomic E-state index is 10.8. The number of benzene rings is 1. The predicted octanol–water partition coefficient (Wildman–Crippen LogP) is 3.14. The van der Waals surface area contributed by atoms with Crippen LogP contribution in [0.3, 0.4) is 0 Å². The first-order valence-electron chi connectivity index (χ1n) is 4.59. The van der Waals surface area contributed by atoms with E-state index in [-0.39, 0.29) is 0 Å². The molecule has 1 rings (SSSR count). The molecule has 0 unspecified atom stereocenters. The van der Waals surface area contributed by atoms with Crippen LogP contribution >= 0.6 is 11.8 Å². The van der Waals surface area contributed by atoms with Crippen LogP contribution in [0.4, 0.5) is 10.5 Å². The molecule has 0 heterocycles. The van der Waals surface area contributed by atoms with Gasteiger partial charge in [-0.25, -0.2) is 4.79 Å². The van der Waals surface area contributed by atoms with Crippen LogP contribution in [0, 0.1) is 13.8 Å². The number of amides is 1. The highest BCUT2D eigenvalue weighted by Gasteiger charge is 2.11. The fourth-order valence-corrected chi connectivity index (χ4v) is 2.32. The topological polar surface area (TPSA) is 40.5 Å². The Morgan fingerprint density at radius 3 is 2.13 bits per heavy atom. The SMILES string of the molecule is CSc1c(C)cc(N(C)C(=O)O)cc1C. The largest absolute Gasteiger partial charge is 0.465 e. The lowest BCUT2D eigenvalue weighted by Gasteiger charge is -2.16. The van der Waals surface area contributed by atoms with Gasteiger partial charge in [0.2, 0.25) is 0 Å². The normalized spacial score (nSPS) is 10.1. The monoisotopic (exact) mass is 225 g/mol. The molecule has 0 saturated carbocycles. The zero-order chi connectivity index (χ0) is 11.6. The Kier molecular flexibility index (Phi) is 3.63. The van der Waals surface area contributed by atoms with Gasteiger partial charge in [0.1, 0.15) is 0 Å². The van der Waals surface area contributed by atoms with Crippen LogP contribution in [-0.2, 0) is 0 Å². The second-order valence-corrected chi connectivity index (χ2v) is 4.27. The second-order valence-electron chi connectivity index (χ2n) is 3.45. The third kappa shape index (κ3) is 2.45. The summed E-state index contributed by atoms with van der Waals surface area (Å²) in [4.78, 5) is 13.2. The molecule has 0 bridgehead atoms. The van der Waals surface area contributed by atoms with Gasteiger partial charge in [-0.2, -0.15) is 0 Å². The highest BCUT2D eigenvalue weighted by molar-refractivity contribution is 7.98. The van der Waals surface area contributed by atoms with Crippen LogP contribution in [0.5, 0.6) is 0 Å². The highest BCUT2D eigenvalue weighted by Crippen LogP contribution is 2.28. The van der Waals surface area contributed by atoms with Crippen LogP contribution in [0.2, 0.25) is 0 Å². The van der Waals surface area contributed by atoms with Gasteiger partial charge in [0.25, 0.3) is 0 Å². The number of rotatable bonds is 2. The van der Waals surface area contributed by atoms with Crippen LogP contribution in [0.25, 0.3) is 0 Å². The lowest BCUT2D eigenvalue weighted by Crippen LogP contribution is -2.23. The van der Waals surface area contributed by atoms with Crippen molar-refractivity contribution < 1.29 is 9.90 Å². The molecule has 1 N–H and O–H groups in total. The minimum absolute atomic E-state index is 0.718.